The van der Waals surface area contributed by atoms with E-state index in [1.54, 1.807) is 54.6 Å². The number of thiazole rings is 1. The Kier molecular flexibility index (Phi) is 6.81. The molecule has 174 valence electrons. The standard InChI is InChI=1S/C26H25N3O3S2/c1-4-16-29-23-15-8-19(5-2)17-24(23)33-26(29)27-25(30)20-9-11-21(12-10-20)28-34(31,32)22-13-6-18(3)7-14-22/h4,6-15,17,28H,1,5,16H2,2-3H3. The highest BCUT2D eigenvalue weighted by Crippen LogP contribution is 2.21. The molecule has 1 amide bonds. The number of nitrogens with one attached hydrogen (secondary N) is 1. The quantitative estimate of drug-likeness (QED) is 0.356. The fourth-order valence-electron chi connectivity index (χ4n) is 3.49. The van der Waals surface area contributed by atoms with E-state index in [0.29, 0.717) is 22.6 Å². The molecule has 34 heavy (non-hydrogen) atoms. The van der Waals surface area contributed by atoms with Gasteiger partial charge in [-0.05, 0) is 67.4 Å². The van der Waals surface area contributed by atoms with Gasteiger partial charge in [-0.1, -0.05) is 48.1 Å². The van der Waals surface area contributed by atoms with E-state index in [1.165, 1.54) is 16.9 Å². The second-order valence-electron chi connectivity index (χ2n) is 7.85. The molecule has 0 spiro atoms. The van der Waals surface area contributed by atoms with Crippen LogP contribution < -0.4 is 9.52 Å². The second kappa shape index (κ2) is 9.79. The molecule has 1 aromatic heterocycles. The summed E-state index contributed by atoms with van der Waals surface area (Å²) in [5.74, 6) is -0.395. The van der Waals surface area contributed by atoms with Crippen LogP contribution in [0.3, 0.4) is 0 Å². The number of sulfonamides is 1. The molecule has 0 saturated carbocycles. The van der Waals surface area contributed by atoms with Crippen molar-refractivity contribution in [3.8, 4) is 0 Å². The van der Waals surface area contributed by atoms with Gasteiger partial charge in [0.15, 0.2) is 4.80 Å². The molecule has 6 nitrogen and oxygen atoms in total. The van der Waals surface area contributed by atoms with Gasteiger partial charge >= 0.3 is 0 Å². The predicted molar refractivity (Wildman–Crippen MR) is 138 cm³/mol. The molecule has 4 rings (SSSR count). The van der Waals surface area contributed by atoms with Crippen LogP contribution in [0.25, 0.3) is 10.2 Å². The minimum atomic E-state index is -3.71. The minimum absolute atomic E-state index is 0.177. The summed E-state index contributed by atoms with van der Waals surface area (Å²) in [6, 6.07) is 19.1. The first-order valence-corrected chi connectivity index (χ1v) is 13.1. The lowest BCUT2D eigenvalue weighted by Gasteiger charge is -2.08. The van der Waals surface area contributed by atoms with Crippen LogP contribution in [-0.2, 0) is 23.0 Å². The lowest BCUT2D eigenvalue weighted by molar-refractivity contribution is 0.0998. The molecule has 0 unspecified atom stereocenters. The van der Waals surface area contributed by atoms with Crippen molar-refractivity contribution in [3.05, 3.63) is 101 Å². The summed E-state index contributed by atoms with van der Waals surface area (Å²) in [5.41, 5.74) is 3.95. The Morgan fingerprint density at radius 1 is 1.09 bits per heavy atom. The molecule has 0 fully saturated rings. The van der Waals surface area contributed by atoms with Crippen LogP contribution in [0.1, 0.15) is 28.4 Å². The lowest BCUT2D eigenvalue weighted by Crippen LogP contribution is -2.16. The molecule has 1 N–H and O–H groups in total. The van der Waals surface area contributed by atoms with Crippen molar-refractivity contribution in [3.63, 3.8) is 0 Å². The van der Waals surface area contributed by atoms with Gasteiger partial charge in [-0.3, -0.25) is 9.52 Å². The first-order valence-electron chi connectivity index (χ1n) is 10.8. The summed E-state index contributed by atoms with van der Waals surface area (Å²) in [4.78, 5) is 18.0. The molecule has 0 atom stereocenters. The van der Waals surface area contributed by atoms with E-state index in [2.05, 4.69) is 35.3 Å². The monoisotopic (exact) mass is 491 g/mol. The third-order valence-electron chi connectivity index (χ3n) is 5.38. The van der Waals surface area contributed by atoms with E-state index in [1.807, 2.05) is 17.6 Å². The molecular weight excluding hydrogens is 466 g/mol. The van der Waals surface area contributed by atoms with E-state index in [0.717, 1.165) is 22.2 Å². The maximum absolute atomic E-state index is 12.9. The number of allylic oxidation sites excluding steroid dienone is 1. The Hall–Kier alpha value is -3.49. The van der Waals surface area contributed by atoms with Crippen molar-refractivity contribution in [2.24, 2.45) is 4.99 Å². The van der Waals surface area contributed by atoms with Crippen molar-refractivity contribution in [2.75, 3.05) is 4.72 Å². The fourth-order valence-corrected chi connectivity index (χ4v) is 5.65. The molecule has 0 aliphatic heterocycles. The zero-order valence-electron chi connectivity index (χ0n) is 19.0. The van der Waals surface area contributed by atoms with Crippen molar-refractivity contribution in [1.82, 2.24) is 4.57 Å². The zero-order valence-corrected chi connectivity index (χ0v) is 20.6. The molecule has 3 aromatic carbocycles. The summed E-state index contributed by atoms with van der Waals surface area (Å²) in [5, 5.41) is 0. The first-order chi connectivity index (χ1) is 16.3. The Morgan fingerprint density at radius 2 is 1.79 bits per heavy atom. The lowest BCUT2D eigenvalue weighted by atomic mass is 10.2. The first kappa shape index (κ1) is 23.7. The Morgan fingerprint density at radius 3 is 2.44 bits per heavy atom. The van der Waals surface area contributed by atoms with Gasteiger partial charge in [0.2, 0.25) is 0 Å². The largest absolute Gasteiger partial charge is 0.312 e. The summed E-state index contributed by atoms with van der Waals surface area (Å²) in [7, 11) is -3.71. The molecule has 0 aliphatic rings. The van der Waals surface area contributed by atoms with Crippen molar-refractivity contribution in [2.45, 2.75) is 31.7 Å². The molecule has 0 aliphatic carbocycles. The van der Waals surface area contributed by atoms with E-state index in [4.69, 9.17) is 0 Å². The maximum Gasteiger partial charge on any atom is 0.279 e. The van der Waals surface area contributed by atoms with Gasteiger partial charge in [0.1, 0.15) is 0 Å². The molecule has 0 radical (unpaired) electrons. The number of hydrogen-bond donors (Lipinski definition) is 1. The van der Waals surface area contributed by atoms with Crippen LogP contribution in [-0.4, -0.2) is 18.9 Å². The third-order valence-corrected chi connectivity index (χ3v) is 7.82. The number of amides is 1. The average Bonchev–Trinajstić information content (AvgIpc) is 3.15. The molecule has 1 heterocycles. The smallest absolute Gasteiger partial charge is 0.279 e. The van der Waals surface area contributed by atoms with Crippen LogP contribution in [0.2, 0.25) is 0 Å². The highest BCUT2D eigenvalue weighted by molar-refractivity contribution is 7.92. The van der Waals surface area contributed by atoms with Gasteiger partial charge in [0.05, 0.1) is 15.1 Å². The van der Waals surface area contributed by atoms with Crippen LogP contribution in [0, 0.1) is 6.92 Å². The molecule has 0 bridgehead atoms. The number of nitrogens with zero attached hydrogens (tertiary/aromatic N) is 2. The molecular formula is C26H25N3O3S2. The van der Waals surface area contributed by atoms with E-state index < -0.39 is 15.9 Å². The van der Waals surface area contributed by atoms with Crippen molar-refractivity contribution in [1.29, 1.82) is 0 Å². The van der Waals surface area contributed by atoms with Crippen LogP contribution in [0.4, 0.5) is 5.69 Å². The number of carbonyl (C=O) groups excluding carboxylic acids is 1. The van der Waals surface area contributed by atoms with Crippen molar-refractivity contribution < 1.29 is 13.2 Å². The van der Waals surface area contributed by atoms with Crippen molar-refractivity contribution >= 4 is 43.2 Å². The number of anilines is 1. The Balaban J connectivity index is 1.60. The van der Waals surface area contributed by atoms with Gasteiger partial charge in [-0.15, -0.1) is 6.58 Å². The van der Waals surface area contributed by atoms with Gasteiger partial charge < -0.3 is 4.57 Å². The number of fused-ring (bicyclic) bond motifs is 1. The van der Waals surface area contributed by atoms with E-state index in [9.17, 15) is 13.2 Å². The maximum atomic E-state index is 12.9. The SMILES string of the molecule is C=CCn1c(=NC(=O)c2ccc(NS(=O)(=O)c3ccc(C)cc3)cc2)sc2cc(CC)ccc21. The topological polar surface area (TPSA) is 80.5 Å². The summed E-state index contributed by atoms with van der Waals surface area (Å²) in [6.45, 7) is 8.36. The van der Waals surface area contributed by atoms with Gasteiger partial charge in [0, 0.05) is 17.8 Å². The number of aromatic nitrogens is 1. The molecule has 4 aromatic rings. The van der Waals surface area contributed by atoms with Gasteiger partial charge in [0.25, 0.3) is 15.9 Å². The Bertz CT molecular complexity index is 1530. The molecule has 8 heteroatoms. The fraction of sp³-hybridized carbons (Fsp3) is 0.154. The predicted octanol–water partition coefficient (Wildman–Crippen LogP) is 5.30. The zero-order chi connectivity index (χ0) is 24.3. The third kappa shape index (κ3) is 5.03. The van der Waals surface area contributed by atoms with Gasteiger partial charge in [-0.2, -0.15) is 4.99 Å². The normalized spacial score (nSPS) is 12.1. The number of rotatable bonds is 7. The van der Waals surface area contributed by atoms with Gasteiger partial charge in [-0.25, -0.2) is 8.42 Å². The van der Waals surface area contributed by atoms with Crippen LogP contribution in [0.15, 0.2) is 89.3 Å². The van der Waals surface area contributed by atoms with Crippen LogP contribution >= 0.6 is 11.3 Å². The summed E-state index contributed by atoms with van der Waals surface area (Å²) in [6.07, 6.45) is 2.71. The minimum Gasteiger partial charge on any atom is -0.312 e. The number of carbonyl (C=O) groups is 1. The van der Waals surface area contributed by atoms with E-state index in [-0.39, 0.29) is 4.90 Å². The molecule has 0 saturated heterocycles. The number of aryl methyl sites for hydroxylation is 2. The van der Waals surface area contributed by atoms with E-state index >= 15 is 0 Å². The number of hydrogen-bond acceptors (Lipinski definition) is 4. The number of benzene rings is 3. The van der Waals surface area contributed by atoms with Crippen LogP contribution in [0.5, 0.6) is 0 Å². The Labute approximate surface area is 203 Å². The highest BCUT2D eigenvalue weighted by Gasteiger charge is 2.15. The summed E-state index contributed by atoms with van der Waals surface area (Å²) >= 11 is 1.46. The second-order valence-corrected chi connectivity index (χ2v) is 10.5. The highest BCUT2D eigenvalue weighted by atomic mass is 32.2. The average molecular weight is 492 g/mol. The summed E-state index contributed by atoms with van der Waals surface area (Å²) < 4.78 is 30.8.